The number of carbonyl (C=O) groups is 1. The van der Waals surface area contributed by atoms with Crippen molar-refractivity contribution in [3.05, 3.63) is 29.8 Å². The van der Waals surface area contributed by atoms with Gasteiger partial charge in [0.1, 0.15) is 0 Å². The number of hydrogen-bond acceptors (Lipinski definition) is 4. The van der Waals surface area contributed by atoms with Crippen LogP contribution in [0.4, 0.5) is 0 Å². The molecule has 4 nitrogen and oxygen atoms in total. The smallest absolute Gasteiger partial charge is 0.252 e. The highest BCUT2D eigenvalue weighted by molar-refractivity contribution is 8.00. The quantitative estimate of drug-likeness (QED) is 0.722. The van der Waals surface area contributed by atoms with Gasteiger partial charge in [-0.2, -0.15) is 0 Å². The minimum Gasteiger partial charge on any atom is -0.391 e. The Morgan fingerprint density at radius 1 is 1.43 bits per heavy atom. The average molecular weight is 331 g/mol. The Morgan fingerprint density at radius 2 is 2.14 bits per heavy atom. The van der Waals surface area contributed by atoms with Gasteiger partial charge < -0.3 is 15.7 Å². The molecule has 1 saturated heterocycles. The summed E-state index contributed by atoms with van der Waals surface area (Å²) in [6.45, 7) is 6.09. The molecule has 0 saturated carbocycles. The molecule has 0 spiro atoms. The predicted octanol–water partition coefficient (Wildman–Crippen LogP) is 1.92. The molecule has 0 radical (unpaired) electrons. The van der Waals surface area contributed by atoms with Crippen molar-refractivity contribution in [2.24, 2.45) is 5.92 Å². The van der Waals surface area contributed by atoms with E-state index in [-0.39, 0.29) is 30.3 Å². The van der Waals surface area contributed by atoms with E-state index >= 15 is 0 Å². The fraction of sp³-hybridized carbons (Fsp3) is 0.533. The number of thioether (sulfide) groups is 1. The van der Waals surface area contributed by atoms with Gasteiger partial charge in [0, 0.05) is 35.7 Å². The Morgan fingerprint density at radius 3 is 2.76 bits per heavy atom. The summed E-state index contributed by atoms with van der Waals surface area (Å²) in [4.78, 5) is 13.3. The highest BCUT2D eigenvalue weighted by atomic mass is 35.5. The minimum atomic E-state index is -0.365. The lowest BCUT2D eigenvalue weighted by molar-refractivity contribution is 0.0924. The van der Waals surface area contributed by atoms with E-state index in [1.54, 1.807) is 11.8 Å². The van der Waals surface area contributed by atoms with E-state index in [1.165, 1.54) is 0 Å². The van der Waals surface area contributed by atoms with Gasteiger partial charge in [0.25, 0.3) is 5.91 Å². The van der Waals surface area contributed by atoms with Gasteiger partial charge >= 0.3 is 0 Å². The van der Waals surface area contributed by atoms with Crippen LogP contribution >= 0.6 is 24.2 Å². The van der Waals surface area contributed by atoms with Crippen LogP contribution in [-0.2, 0) is 0 Å². The molecule has 6 heteroatoms. The molecule has 1 amide bonds. The summed E-state index contributed by atoms with van der Waals surface area (Å²) in [6, 6.07) is 7.66. The number of rotatable bonds is 5. The van der Waals surface area contributed by atoms with Crippen LogP contribution in [0.3, 0.4) is 0 Å². The molecule has 1 aromatic rings. The average Bonchev–Trinajstić information content (AvgIpc) is 2.81. The molecule has 0 aromatic heterocycles. The van der Waals surface area contributed by atoms with Gasteiger partial charge in [-0.3, -0.25) is 4.79 Å². The lowest BCUT2D eigenvalue weighted by Gasteiger charge is -2.15. The predicted molar refractivity (Wildman–Crippen MR) is 89.4 cm³/mol. The van der Waals surface area contributed by atoms with Crippen molar-refractivity contribution >= 4 is 30.1 Å². The van der Waals surface area contributed by atoms with Gasteiger partial charge in [-0.1, -0.05) is 26.0 Å². The van der Waals surface area contributed by atoms with Gasteiger partial charge in [0.2, 0.25) is 0 Å². The molecule has 1 heterocycles. The van der Waals surface area contributed by atoms with Crippen LogP contribution in [0, 0.1) is 5.92 Å². The summed E-state index contributed by atoms with van der Waals surface area (Å²) in [5, 5.41) is 16.2. The third kappa shape index (κ3) is 5.18. The third-order valence-electron chi connectivity index (χ3n) is 3.32. The lowest BCUT2D eigenvalue weighted by Crippen LogP contribution is -2.34. The first-order chi connectivity index (χ1) is 9.58. The summed E-state index contributed by atoms with van der Waals surface area (Å²) < 4.78 is 0. The summed E-state index contributed by atoms with van der Waals surface area (Å²) in [5.41, 5.74) is 0.714. The first-order valence-electron chi connectivity index (χ1n) is 7.00. The standard InChI is InChI=1S/C15H22N2O2S.ClH/c1-10(2)20-14-6-4-3-5-12(14)15(19)17-8-11-7-16-9-13(11)18;/h3-6,10-11,13,16,18H,7-9H2,1-2H3,(H,17,19);1H. The van der Waals surface area contributed by atoms with Crippen LogP contribution < -0.4 is 10.6 Å². The van der Waals surface area contributed by atoms with Crippen molar-refractivity contribution in [2.75, 3.05) is 19.6 Å². The number of amides is 1. The number of aliphatic hydroxyl groups excluding tert-OH is 1. The summed E-state index contributed by atoms with van der Waals surface area (Å²) >= 11 is 1.69. The van der Waals surface area contributed by atoms with E-state index in [0.29, 0.717) is 23.9 Å². The largest absolute Gasteiger partial charge is 0.391 e. The molecule has 1 fully saturated rings. The number of hydrogen-bond donors (Lipinski definition) is 3. The van der Waals surface area contributed by atoms with Gasteiger partial charge in [-0.15, -0.1) is 24.2 Å². The van der Waals surface area contributed by atoms with Crippen molar-refractivity contribution in [1.82, 2.24) is 10.6 Å². The van der Waals surface area contributed by atoms with Gasteiger partial charge in [0.05, 0.1) is 11.7 Å². The Labute approximate surface area is 136 Å². The molecule has 0 bridgehead atoms. The van der Waals surface area contributed by atoms with Gasteiger partial charge in [0.15, 0.2) is 0 Å². The SMILES string of the molecule is CC(C)Sc1ccccc1C(=O)NCC1CNCC1O.Cl. The molecular formula is C15H23ClN2O2S. The van der Waals surface area contributed by atoms with E-state index in [2.05, 4.69) is 24.5 Å². The molecule has 2 rings (SSSR count). The van der Waals surface area contributed by atoms with Crippen LogP contribution in [0.1, 0.15) is 24.2 Å². The van der Waals surface area contributed by atoms with Gasteiger partial charge in [-0.25, -0.2) is 0 Å². The first kappa shape index (κ1) is 18.3. The highest BCUT2D eigenvalue weighted by Gasteiger charge is 2.25. The summed E-state index contributed by atoms with van der Waals surface area (Å²) in [6.07, 6.45) is -0.365. The van der Waals surface area contributed by atoms with Crippen LogP contribution in [0.15, 0.2) is 29.2 Å². The molecule has 21 heavy (non-hydrogen) atoms. The molecule has 1 aromatic carbocycles. The first-order valence-corrected chi connectivity index (χ1v) is 7.88. The van der Waals surface area contributed by atoms with Crippen LogP contribution in [0.2, 0.25) is 0 Å². The maximum Gasteiger partial charge on any atom is 0.252 e. The lowest BCUT2D eigenvalue weighted by atomic mass is 10.1. The Kier molecular flexibility index (Phi) is 7.52. The van der Waals surface area contributed by atoms with Crippen molar-refractivity contribution in [3.63, 3.8) is 0 Å². The number of nitrogens with one attached hydrogen (secondary N) is 2. The zero-order chi connectivity index (χ0) is 14.5. The Hall–Kier alpha value is -0.750. The number of halogens is 1. The Bertz CT molecular complexity index is 471. The van der Waals surface area contributed by atoms with Gasteiger partial charge in [-0.05, 0) is 12.1 Å². The normalized spacial score (nSPS) is 21.1. The summed E-state index contributed by atoms with van der Waals surface area (Å²) in [7, 11) is 0. The van der Waals surface area contributed by atoms with E-state index < -0.39 is 0 Å². The topological polar surface area (TPSA) is 61.4 Å². The third-order valence-corrected chi connectivity index (χ3v) is 4.40. The molecule has 3 N–H and O–H groups in total. The van der Waals surface area contributed by atoms with Crippen molar-refractivity contribution in [1.29, 1.82) is 0 Å². The molecule has 0 aliphatic carbocycles. The highest BCUT2D eigenvalue weighted by Crippen LogP contribution is 2.26. The van der Waals surface area contributed by atoms with Crippen molar-refractivity contribution < 1.29 is 9.90 Å². The minimum absolute atomic E-state index is 0. The van der Waals surface area contributed by atoms with E-state index in [9.17, 15) is 9.90 Å². The zero-order valence-corrected chi connectivity index (χ0v) is 14.0. The van der Waals surface area contributed by atoms with Crippen molar-refractivity contribution in [3.8, 4) is 0 Å². The second-order valence-electron chi connectivity index (χ2n) is 5.36. The fourth-order valence-electron chi connectivity index (χ4n) is 2.26. The Balaban J connectivity index is 0.00000220. The molecule has 118 valence electrons. The molecule has 1 aliphatic rings. The van der Waals surface area contributed by atoms with Crippen LogP contribution in [-0.4, -0.2) is 42.0 Å². The van der Waals surface area contributed by atoms with E-state index in [0.717, 1.165) is 11.4 Å². The second kappa shape index (κ2) is 8.63. The van der Waals surface area contributed by atoms with E-state index in [4.69, 9.17) is 0 Å². The number of aliphatic hydroxyl groups is 1. The number of carbonyl (C=O) groups excluding carboxylic acids is 1. The van der Waals surface area contributed by atoms with Crippen molar-refractivity contribution in [2.45, 2.75) is 30.1 Å². The van der Waals surface area contributed by atoms with Crippen LogP contribution in [0.5, 0.6) is 0 Å². The van der Waals surface area contributed by atoms with E-state index in [1.807, 2.05) is 24.3 Å². The maximum absolute atomic E-state index is 12.3. The molecule has 2 unspecified atom stereocenters. The number of β-amino-alcohol motifs (C(OH)–C–C–N with tert-alkyl or cyclic N) is 1. The zero-order valence-electron chi connectivity index (χ0n) is 12.3. The fourth-order valence-corrected chi connectivity index (χ4v) is 3.21. The molecular weight excluding hydrogens is 308 g/mol. The monoisotopic (exact) mass is 330 g/mol. The second-order valence-corrected chi connectivity index (χ2v) is 6.98. The molecule has 2 atom stereocenters. The van der Waals surface area contributed by atoms with Crippen LogP contribution in [0.25, 0.3) is 0 Å². The maximum atomic E-state index is 12.3. The summed E-state index contributed by atoms with van der Waals surface area (Å²) in [5.74, 6) is 0.0386. The number of benzene rings is 1. The molecule has 1 aliphatic heterocycles.